The van der Waals surface area contributed by atoms with Gasteiger partial charge in [-0.05, 0) is 25.1 Å². The number of halogens is 1. The Balaban J connectivity index is 2.83. The number of ether oxygens (including phenoxy) is 2. The fourth-order valence-electron chi connectivity index (χ4n) is 1.26. The highest BCUT2D eigenvalue weighted by Crippen LogP contribution is 2.26. The van der Waals surface area contributed by atoms with Crippen LogP contribution in [0.3, 0.4) is 0 Å². The third-order valence-electron chi connectivity index (χ3n) is 2.15. The molecule has 6 nitrogen and oxygen atoms in total. The van der Waals surface area contributed by atoms with Gasteiger partial charge in [0.2, 0.25) is 10.0 Å². The average molecular weight is 308 g/mol. The zero-order chi connectivity index (χ0) is 14.5. The lowest BCUT2D eigenvalue weighted by Crippen LogP contribution is -2.30. The first kappa shape index (κ1) is 15.7. The molecule has 0 saturated heterocycles. The predicted octanol–water partition coefficient (Wildman–Crippen LogP) is 1.19. The van der Waals surface area contributed by atoms with Gasteiger partial charge in [-0.25, -0.2) is 8.42 Å². The molecule has 0 aromatic heterocycles. The molecule has 1 rings (SSSR count). The van der Waals surface area contributed by atoms with Crippen molar-refractivity contribution in [1.29, 1.82) is 0 Å². The number of hydrogen-bond acceptors (Lipinski definition) is 5. The molecule has 0 bridgehead atoms. The third-order valence-corrected chi connectivity index (χ3v) is 3.84. The minimum absolute atomic E-state index is 0.0531. The molecular formula is C11H14ClNO5S. The summed E-state index contributed by atoms with van der Waals surface area (Å²) in [7, 11) is -2.39. The lowest BCUT2D eigenvalue weighted by molar-refractivity contribution is -0.141. The molecule has 8 heteroatoms. The van der Waals surface area contributed by atoms with Gasteiger partial charge in [-0.3, -0.25) is 4.79 Å². The van der Waals surface area contributed by atoms with Gasteiger partial charge < -0.3 is 9.47 Å². The van der Waals surface area contributed by atoms with Gasteiger partial charge in [0.25, 0.3) is 0 Å². The van der Waals surface area contributed by atoms with Crippen molar-refractivity contribution in [2.24, 2.45) is 0 Å². The summed E-state index contributed by atoms with van der Waals surface area (Å²) < 4.78 is 35.4. The summed E-state index contributed by atoms with van der Waals surface area (Å²) >= 11 is 5.84. The summed E-state index contributed by atoms with van der Waals surface area (Å²) in [5.41, 5.74) is 0. The Bertz CT molecular complexity index is 558. The molecule has 0 aliphatic heterocycles. The second kappa shape index (κ2) is 6.74. The Kier molecular flexibility index (Phi) is 5.59. The predicted molar refractivity (Wildman–Crippen MR) is 69.8 cm³/mol. The second-order valence-corrected chi connectivity index (χ2v) is 5.60. The fourth-order valence-corrected chi connectivity index (χ4v) is 2.58. The molecule has 0 heterocycles. The lowest BCUT2D eigenvalue weighted by Gasteiger charge is -2.08. The van der Waals surface area contributed by atoms with Gasteiger partial charge in [0.15, 0.2) is 0 Å². The van der Waals surface area contributed by atoms with Gasteiger partial charge in [0, 0.05) is 0 Å². The van der Waals surface area contributed by atoms with Crippen molar-refractivity contribution in [1.82, 2.24) is 4.72 Å². The quantitative estimate of drug-likeness (QED) is 0.798. The van der Waals surface area contributed by atoms with E-state index in [-0.39, 0.29) is 16.5 Å². The Labute approximate surface area is 116 Å². The van der Waals surface area contributed by atoms with Gasteiger partial charge >= 0.3 is 5.97 Å². The second-order valence-electron chi connectivity index (χ2n) is 3.43. The monoisotopic (exact) mass is 307 g/mol. The Hall–Kier alpha value is -1.31. The van der Waals surface area contributed by atoms with E-state index >= 15 is 0 Å². The highest BCUT2D eigenvalue weighted by molar-refractivity contribution is 7.89. The summed E-state index contributed by atoms with van der Waals surface area (Å²) in [4.78, 5) is 11.0. The smallest absolute Gasteiger partial charge is 0.321 e. The van der Waals surface area contributed by atoms with Crippen LogP contribution in [0.2, 0.25) is 5.02 Å². The highest BCUT2D eigenvalue weighted by Gasteiger charge is 2.17. The first-order valence-corrected chi connectivity index (χ1v) is 7.25. The number of carbonyl (C=O) groups excluding carboxylic acids is 1. The maximum atomic E-state index is 11.9. The Morgan fingerprint density at radius 2 is 2.11 bits per heavy atom. The van der Waals surface area contributed by atoms with Crippen molar-refractivity contribution in [2.45, 2.75) is 11.8 Å². The molecule has 19 heavy (non-hydrogen) atoms. The number of carbonyl (C=O) groups is 1. The summed E-state index contributed by atoms with van der Waals surface area (Å²) in [5, 5.41) is 0.168. The van der Waals surface area contributed by atoms with E-state index in [1.807, 2.05) is 0 Å². The van der Waals surface area contributed by atoms with Gasteiger partial charge in [0.05, 0.1) is 23.6 Å². The highest BCUT2D eigenvalue weighted by atomic mass is 35.5. The fraction of sp³-hybridized carbons (Fsp3) is 0.364. The molecule has 0 fully saturated rings. The van der Waals surface area contributed by atoms with E-state index in [1.54, 1.807) is 6.92 Å². The molecular weight excluding hydrogens is 294 g/mol. The van der Waals surface area contributed by atoms with Crippen molar-refractivity contribution in [3.63, 3.8) is 0 Å². The molecule has 0 atom stereocenters. The van der Waals surface area contributed by atoms with E-state index in [2.05, 4.69) is 9.46 Å². The number of sulfonamides is 1. The lowest BCUT2D eigenvalue weighted by atomic mass is 10.3. The summed E-state index contributed by atoms with van der Waals surface area (Å²) in [6.07, 6.45) is 0. The van der Waals surface area contributed by atoms with Gasteiger partial charge in [-0.15, -0.1) is 0 Å². The number of nitrogens with one attached hydrogen (secondary N) is 1. The summed E-state index contributed by atoms with van der Waals surface area (Å²) in [6, 6.07) is 4.01. The maximum absolute atomic E-state index is 11.9. The summed E-state index contributed by atoms with van der Waals surface area (Å²) in [6.45, 7) is 1.39. The molecule has 0 amide bonds. The summed E-state index contributed by atoms with van der Waals surface area (Å²) in [5.74, 6) is -0.281. The number of esters is 1. The average Bonchev–Trinajstić information content (AvgIpc) is 2.37. The number of rotatable bonds is 6. The zero-order valence-corrected chi connectivity index (χ0v) is 12.0. The van der Waals surface area contributed by atoms with Crippen LogP contribution in [-0.2, 0) is 19.6 Å². The number of hydrogen-bond donors (Lipinski definition) is 1. The van der Waals surface area contributed by atoms with Gasteiger partial charge in [-0.1, -0.05) is 11.6 Å². The van der Waals surface area contributed by atoms with Crippen LogP contribution in [0, 0.1) is 0 Å². The standard InChI is InChI=1S/C11H14ClNO5S/c1-3-18-11(14)7-13-19(15,16)8-4-5-10(17-2)9(12)6-8/h4-6,13H,3,7H2,1-2H3. The van der Waals surface area contributed by atoms with Crippen molar-refractivity contribution < 1.29 is 22.7 Å². The van der Waals surface area contributed by atoms with Crippen molar-refractivity contribution >= 4 is 27.6 Å². The molecule has 0 unspecified atom stereocenters. The van der Waals surface area contributed by atoms with Crippen molar-refractivity contribution in [3.8, 4) is 5.75 Å². The van der Waals surface area contributed by atoms with Crippen LogP contribution in [0.1, 0.15) is 6.92 Å². The molecule has 106 valence electrons. The minimum atomic E-state index is -3.81. The van der Waals surface area contributed by atoms with E-state index in [0.29, 0.717) is 5.75 Å². The van der Waals surface area contributed by atoms with E-state index in [9.17, 15) is 13.2 Å². The number of methoxy groups -OCH3 is 1. The van der Waals surface area contributed by atoms with E-state index in [1.165, 1.54) is 25.3 Å². The topological polar surface area (TPSA) is 81.7 Å². The molecule has 0 spiro atoms. The molecule has 0 saturated carbocycles. The van der Waals surface area contributed by atoms with E-state index in [4.69, 9.17) is 16.3 Å². The Morgan fingerprint density at radius 1 is 1.42 bits per heavy atom. The van der Waals surface area contributed by atoms with Gasteiger partial charge in [-0.2, -0.15) is 4.72 Å². The number of benzene rings is 1. The Morgan fingerprint density at radius 3 is 2.63 bits per heavy atom. The van der Waals surface area contributed by atoms with Crippen LogP contribution in [0.4, 0.5) is 0 Å². The van der Waals surface area contributed by atoms with Crippen LogP contribution in [-0.4, -0.2) is 34.6 Å². The van der Waals surface area contributed by atoms with Crippen LogP contribution >= 0.6 is 11.6 Å². The van der Waals surface area contributed by atoms with Crippen molar-refractivity contribution in [2.75, 3.05) is 20.3 Å². The zero-order valence-electron chi connectivity index (χ0n) is 10.5. The van der Waals surface area contributed by atoms with Gasteiger partial charge in [0.1, 0.15) is 12.3 Å². The van der Waals surface area contributed by atoms with Crippen LogP contribution in [0.15, 0.2) is 23.1 Å². The molecule has 0 aliphatic rings. The maximum Gasteiger partial charge on any atom is 0.321 e. The SMILES string of the molecule is CCOC(=O)CNS(=O)(=O)c1ccc(OC)c(Cl)c1. The van der Waals surface area contributed by atoms with E-state index < -0.39 is 22.5 Å². The molecule has 1 aromatic carbocycles. The first-order valence-electron chi connectivity index (χ1n) is 5.39. The molecule has 1 N–H and O–H groups in total. The minimum Gasteiger partial charge on any atom is -0.495 e. The molecule has 1 aromatic rings. The first-order chi connectivity index (χ1) is 8.90. The largest absolute Gasteiger partial charge is 0.495 e. The molecule has 0 radical (unpaired) electrons. The normalized spacial score (nSPS) is 11.1. The van der Waals surface area contributed by atoms with Crippen molar-refractivity contribution in [3.05, 3.63) is 23.2 Å². The van der Waals surface area contributed by atoms with Crippen LogP contribution in [0.25, 0.3) is 0 Å². The van der Waals surface area contributed by atoms with Crippen LogP contribution < -0.4 is 9.46 Å². The molecule has 0 aliphatic carbocycles. The van der Waals surface area contributed by atoms with Crippen LogP contribution in [0.5, 0.6) is 5.75 Å². The van der Waals surface area contributed by atoms with E-state index in [0.717, 1.165) is 0 Å². The third kappa shape index (κ3) is 4.38.